The minimum Gasteiger partial charge on any atom is -0.354 e. The zero-order valence-electron chi connectivity index (χ0n) is 18.9. The fourth-order valence-electron chi connectivity index (χ4n) is 3.56. The van der Waals surface area contributed by atoms with E-state index < -0.39 is 6.04 Å². The van der Waals surface area contributed by atoms with Crippen molar-refractivity contribution in [2.75, 3.05) is 12.3 Å². The van der Waals surface area contributed by atoms with E-state index in [9.17, 15) is 14.0 Å². The molecule has 0 aliphatic heterocycles. The second-order valence-corrected chi connectivity index (χ2v) is 8.84. The van der Waals surface area contributed by atoms with Crippen molar-refractivity contribution in [1.29, 1.82) is 0 Å². The Labute approximate surface area is 189 Å². The Bertz CT molecular complexity index is 850. The standard InChI is InChI=1S/C25H33FN2O2S/c1-5-11-27-25(30)23(6-2)28(15-20-7-9-22(26)10-8-20)24(29)17-31-16-21-13-18(3)12-19(4)14-21/h7-10,12-14,23H,5-6,11,15-17H2,1-4H3,(H,27,30)/t23-/m0/s1. The fourth-order valence-corrected chi connectivity index (χ4v) is 4.41. The molecule has 1 atom stereocenters. The largest absolute Gasteiger partial charge is 0.354 e. The van der Waals surface area contributed by atoms with Crippen LogP contribution in [0.25, 0.3) is 0 Å². The predicted octanol–water partition coefficient (Wildman–Crippen LogP) is 5.01. The molecule has 0 saturated carbocycles. The number of amides is 2. The van der Waals surface area contributed by atoms with Crippen LogP contribution in [0.3, 0.4) is 0 Å². The number of carbonyl (C=O) groups excluding carboxylic acids is 2. The van der Waals surface area contributed by atoms with Gasteiger partial charge < -0.3 is 10.2 Å². The second-order valence-electron chi connectivity index (χ2n) is 7.85. The van der Waals surface area contributed by atoms with Crippen molar-refractivity contribution in [2.45, 2.75) is 58.9 Å². The molecule has 0 bridgehead atoms. The van der Waals surface area contributed by atoms with Crippen LogP contribution in [0.4, 0.5) is 4.39 Å². The first-order valence-electron chi connectivity index (χ1n) is 10.8. The number of carbonyl (C=O) groups is 2. The quantitative estimate of drug-likeness (QED) is 0.530. The smallest absolute Gasteiger partial charge is 0.242 e. The van der Waals surface area contributed by atoms with E-state index in [0.29, 0.717) is 13.0 Å². The number of hydrogen-bond donors (Lipinski definition) is 1. The van der Waals surface area contributed by atoms with Gasteiger partial charge in [0, 0.05) is 18.8 Å². The normalized spacial score (nSPS) is 11.8. The maximum atomic E-state index is 13.3. The summed E-state index contributed by atoms with van der Waals surface area (Å²) < 4.78 is 13.3. The van der Waals surface area contributed by atoms with Gasteiger partial charge in [0.15, 0.2) is 0 Å². The summed E-state index contributed by atoms with van der Waals surface area (Å²) in [5, 5.41) is 2.91. The SMILES string of the molecule is CCCNC(=O)[C@H](CC)N(Cc1ccc(F)cc1)C(=O)CSCc1cc(C)cc(C)c1. The van der Waals surface area contributed by atoms with E-state index >= 15 is 0 Å². The number of halogens is 1. The van der Waals surface area contributed by atoms with Crippen LogP contribution in [0, 0.1) is 19.7 Å². The summed E-state index contributed by atoms with van der Waals surface area (Å²) in [6.07, 6.45) is 1.35. The van der Waals surface area contributed by atoms with Crippen molar-refractivity contribution in [3.63, 3.8) is 0 Å². The summed E-state index contributed by atoms with van der Waals surface area (Å²) in [6, 6.07) is 11.9. The van der Waals surface area contributed by atoms with Crippen LogP contribution in [0.15, 0.2) is 42.5 Å². The van der Waals surface area contributed by atoms with E-state index in [1.54, 1.807) is 28.8 Å². The van der Waals surface area contributed by atoms with Crippen molar-refractivity contribution in [3.05, 3.63) is 70.5 Å². The number of thioether (sulfide) groups is 1. The molecule has 168 valence electrons. The molecule has 6 heteroatoms. The van der Waals surface area contributed by atoms with Crippen molar-refractivity contribution in [1.82, 2.24) is 10.2 Å². The molecule has 1 N–H and O–H groups in total. The maximum Gasteiger partial charge on any atom is 0.242 e. The number of nitrogens with zero attached hydrogens (tertiary/aromatic N) is 1. The van der Waals surface area contributed by atoms with Gasteiger partial charge in [-0.15, -0.1) is 11.8 Å². The Kier molecular flexibility index (Phi) is 10.0. The molecule has 0 aromatic heterocycles. The first-order chi connectivity index (χ1) is 14.8. The van der Waals surface area contributed by atoms with Gasteiger partial charge in [-0.25, -0.2) is 4.39 Å². The summed E-state index contributed by atoms with van der Waals surface area (Å²) in [5.74, 6) is 0.470. The summed E-state index contributed by atoms with van der Waals surface area (Å²) in [6.45, 7) is 8.89. The highest BCUT2D eigenvalue weighted by molar-refractivity contribution is 7.99. The first-order valence-corrected chi connectivity index (χ1v) is 12.0. The molecule has 0 heterocycles. The molecule has 2 rings (SSSR count). The molecule has 0 radical (unpaired) electrons. The number of benzene rings is 2. The number of rotatable bonds is 11. The highest BCUT2D eigenvalue weighted by Gasteiger charge is 2.28. The number of aryl methyl sites for hydroxylation is 2. The molecular formula is C25H33FN2O2S. The van der Waals surface area contributed by atoms with Gasteiger partial charge >= 0.3 is 0 Å². The molecule has 4 nitrogen and oxygen atoms in total. The molecule has 31 heavy (non-hydrogen) atoms. The summed E-state index contributed by atoms with van der Waals surface area (Å²) >= 11 is 1.55. The zero-order valence-corrected chi connectivity index (χ0v) is 19.7. The van der Waals surface area contributed by atoms with E-state index in [-0.39, 0.29) is 29.9 Å². The lowest BCUT2D eigenvalue weighted by Gasteiger charge is -2.30. The Hall–Kier alpha value is -2.34. The highest BCUT2D eigenvalue weighted by Crippen LogP contribution is 2.19. The van der Waals surface area contributed by atoms with Gasteiger partial charge in [-0.05, 0) is 49.9 Å². The molecule has 2 aromatic rings. The van der Waals surface area contributed by atoms with E-state index in [0.717, 1.165) is 17.7 Å². The van der Waals surface area contributed by atoms with Gasteiger partial charge in [-0.2, -0.15) is 0 Å². The van der Waals surface area contributed by atoms with E-state index in [2.05, 4.69) is 37.4 Å². The van der Waals surface area contributed by atoms with Crippen LogP contribution in [0.5, 0.6) is 0 Å². The molecular weight excluding hydrogens is 411 g/mol. The van der Waals surface area contributed by atoms with E-state index in [4.69, 9.17) is 0 Å². The van der Waals surface area contributed by atoms with Crippen LogP contribution >= 0.6 is 11.8 Å². The minimum atomic E-state index is -0.550. The van der Waals surface area contributed by atoms with Crippen LogP contribution in [0.1, 0.15) is 48.9 Å². The molecule has 0 aliphatic rings. The van der Waals surface area contributed by atoms with Crippen LogP contribution in [-0.4, -0.2) is 35.1 Å². The Morgan fingerprint density at radius 3 is 2.26 bits per heavy atom. The van der Waals surface area contributed by atoms with E-state index in [1.807, 2.05) is 13.8 Å². The second kappa shape index (κ2) is 12.5. The molecule has 0 fully saturated rings. The average molecular weight is 445 g/mol. The van der Waals surface area contributed by atoms with Crippen LogP contribution in [-0.2, 0) is 21.9 Å². The Morgan fingerprint density at radius 1 is 1.03 bits per heavy atom. The number of hydrogen-bond acceptors (Lipinski definition) is 3. The molecule has 0 saturated heterocycles. The van der Waals surface area contributed by atoms with Gasteiger partial charge in [0.25, 0.3) is 0 Å². The third kappa shape index (κ3) is 8.02. The van der Waals surface area contributed by atoms with Crippen molar-refractivity contribution >= 4 is 23.6 Å². The third-order valence-corrected chi connectivity index (χ3v) is 5.97. The minimum absolute atomic E-state index is 0.0859. The van der Waals surface area contributed by atoms with Crippen molar-refractivity contribution in [3.8, 4) is 0 Å². The Morgan fingerprint density at radius 2 is 1.68 bits per heavy atom. The van der Waals surface area contributed by atoms with Crippen LogP contribution in [0.2, 0.25) is 0 Å². The molecule has 0 spiro atoms. The van der Waals surface area contributed by atoms with Crippen molar-refractivity contribution in [2.24, 2.45) is 0 Å². The lowest BCUT2D eigenvalue weighted by atomic mass is 10.1. The van der Waals surface area contributed by atoms with Gasteiger partial charge in [0.1, 0.15) is 11.9 Å². The monoisotopic (exact) mass is 444 g/mol. The van der Waals surface area contributed by atoms with Gasteiger partial charge in [-0.3, -0.25) is 9.59 Å². The molecule has 0 aliphatic carbocycles. The molecule has 0 unspecified atom stereocenters. The number of nitrogens with one attached hydrogen (secondary N) is 1. The lowest BCUT2D eigenvalue weighted by molar-refractivity contribution is -0.139. The highest BCUT2D eigenvalue weighted by atomic mass is 32.2. The predicted molar refractivity (Wildman–Crippen MR) is 126 cm³/mol. The average Bonchev–Trinajstić information content (AvgIpc) is 2.72. The van der Waals surface area contributed by atoms with E-state index in [1.165, 1.54) is 28.8 Å². The molecule has 2 aromatic carbocycles. The van der Waals surface area contributed by atoms with Crippen LogP contribution < -0.4 is 5.32 Å². The first kappa shape index (κ1) is 24.9. The lowest BCUT2D eigenvalue weighted by Crippen LogP contribution is -2.49. The summed E-state index contributed by atoms with van der Waals surface area (Å²) in [5.41, 5.74) is 4.40. The molecule has 2 amide bonds. The maximum absolute atomic E-state index is 13.3. The topological polar surface area (TPSA) is 49.4 Å². The third-order valence-electron chi connectivity index (χ3n) is 4.98. The van der Waals surface area contributed by atoms with Gasteiger partial charge in [0.05, 0.1) is 5.75 Å². The zero-order chi connectivity index (χ0) is 22.8. The Balaban J connectivity index is 2.11. The van der Waals surface area contributed by atoms with Gasteiger partial charge in [-0.1, -0.05) is 55.3 Å². The fraction of sp³-hybridized carbons (Fsp3) is 0.440. The summed E-state index contributed by atoms with van der Waals surface area (Å²) in [4.78, 5) is 27.5. The summed E-state index contributed by atoms with van der Waals surface area (Å²) in [7, 11) is 0. The van der Waals surface area contributed by atoms with Crippen molar-refractivity contribution < 1.29 is 14.0 Å². The van der Waals surface area contributed by atoms with Gasteiger partial charge in [0.2, 0.25) is 11.8 Å².